The maximum atomic E-state index is 12.2. The Morgan fingerprint density at radius 2 is 1.95 bits per heavy atom. The van der Waals surface area contributed by atoms with Crippen LogP contribution in [0.15, 0.2) is 6.20 Å². The molecular weight excluding hydrogens is 262 g/mol. The zero-order valence-electron chi connectivity index (χ0n) is 11.9. The van der Waals surface area contributed by atoms with Crippen LogP contribution < -0.4 is 0 Å². The van der Waals surface area contributed by atoms with Crippen LogP contribution in [0.3, 0.4) is 0 Å². The average molecular weight is 281 g/mol. The maximum absolute atomic E-state index is 12.2. The molecule has 20 heavy (non-hydrogen) atoms. The van der Waals surface area contributed by atoms with Crippen LogP contribution in [0.25, 0.3) is 0 Å². The zero-order valence-corrected chi connectivity index (χ0v) is 11.9. The molecule has 0 spiro atoms. The Morgan fingerprint density at radius 1 is 1.35 bits per heavy atom. The van der Waals surface area contributed by atoms with Gasteiger partial charge in [-0.05, 0) is 20.9 Å². The number of amides is 1. The highest BCUT2D eigenvalue weighted by Gasteiger charge is 2.29. The number of carboxylic acids is 1. The number of carboxylic acid groups (broad SMARTS) is 1. The molecule has 1 aromatic heterocycles. The summed E-state index contributed by atoms with van der Waals surface area (Å²) in [4.78, 5) is 26.9. The summed E-state index contributed by atoms with van der Waals surface area (Å²) >= 11 is 0. The van der Waals surface area contributed by atoms with Gasteiger partial charge >= 0.3 is 5.97 Å². The Labute approximate surface area is 117 Å². The van der Waals surface area contributed by atoms with E-state index in [0.717, 1.165) is 0 Å². The van der Waals surface area contributed by atoms with Crippen LogP contribution in [0.1, 0.15) is 24.3 Å². The molecule has 2 rings (SSSR count). The summed E-state index contributed by atoms with van der Waals surface area (Å²) in [6, 6.07) is 0.598. The van der Waals surface area contributed by atoms with Crippen molar-refractivity contribution in [3.05, 3.63) is 11.9 Å². The zero-order chi connectivity index (χ0) is 14.9. The second-order valence-corrected chi connectivity index (χ2v) is 5.27. The van der Waals surface area contributed by atoms with Crippen LogP contribution in [0.4, 0.5) is 0 Å². The molecule has 0 radical (unpaired) electrons. The lowest BCUT2D eigenvalue weighted by Gasteiger charge is -2.42. The van der Waals surface area contributed by atoms with E-state index in [1.54, 1.807) is 4.90 Å². The molecule has 0 bridgehead atoms. The van der Waals surface area contributed by atoms with Crippen LogP contribution in [-0.2, 0) is 11.3 Å². The third-order valence-electron chi connectivity index (χ3n) is 3.77. The van der Waals surface area contributed by atoms with E-state index in [9.17, 15) is 9.59 Å². The van der Waals surface area contributed by atoms with Crippen LogP contribution in [0.5, 0.6) is 0 Å². The summed E-state index contributed by atoms with van der Waals surface area (Å²) in [5.74, 6) is -1.22. The number of hydrogen-bond acceptors (Lipinski definition) is 5. The number of likely N-dealkylation sites (N-methyl/N-ethyl adjacent to an activating group) is 1. The van der Waals surface area contributed by atoms with Crippen molar-refractivity contribution in [1.82, 2.24) is 24.8 Å². The number of rotatable bonds is 3. The summed E-state index contributed by atoms with van der Waals surface area (Å²) in [7, 11) is 2.05. The highest BCUT2D eigenvalue weighted by molar-refractivity contribution is 5.84. The number of carbonyl (C=O) groups excluding carboxylic acids is 1. The summed E-state index contributed by atoms with van der Waals surface area (Å²) in [6.07, 6.45) is 1.27. The van der Waals surface area contributed by atoms with Crippen LogP contribution in [0.2, 0.25) is 0 Å². The van der Waals surface area contributed by atoms with Crippen molar-refractivity contribution in [2.75, 3.05) is 20.1 Å². The summed E-state index contributed by atoms with van der Waals surface area (Å²) in [5, 5.41) is 15.9. The van der Waals surface area contributed by atoms with Crippen molar-refractivity contribution in [2.24, 2.45) is 0 Å². The second-order valence-electron chi connectivity index (χ2n) is 5.27. The fourth-order valence-electron chi connectivity index (χ4n) is 2.32. The van der Waals surface area contributed by atoms with Gasteiger partial charge in [0.25, 0.3) is 0 Å². The first-order chi connectivity index (χ1) is 9.38. The number of piperazine rings is 1. The van der Waals surface area contributed by atoms with Crippen molar-refractivity contribution in [3.8, 4) is 0 Å². The van der Waals surface area contributed by atoms with Gasteiger partial charge in [-0.1, -0.05) is 5.21 Å². The fraction of sp³-hybridized carbons (Fsp3) is 0.667. The molecule has 8 nitrogen and oxygen atoms in total. The van der Waals surface area contributed by atoms with E-state index in [0.29, 0.717) is 25.2 Å². The van der Waals surface area contributed by atoms with Crippen molar-refractivity contribution in [1.29, 1.82) is 0 Å². The van der Waals surface area contributed by atoms with Gasteiger partial charge in [-0.15, -0.1) is 5.10 Å². The first-order valence-corrected chi connectivity index (χ1v) is 6.51. The Bertz CT molecular complexity index is 503. The molecule has 0 saturated carbocycles. The molecule has 1 aliphatic heterocycles. The Hall–Kier alpha value is -1.96. The summed E-state index contributed by atoms with van der Waals surface area (Å²) < 4.78 is 1.26. The van der Waals surface area contributed by atoms with Crippen molar-refractivity contribution in [2.45, 2.75) is 32.5 Å². The molecule has 110 valence electrons. The van der Waals surface area contributed by atoms with E-state index in [1.165, 1.54) is 10.9 Å². The van der Waals surface area contributed by atoms with E-state index >= 15 is 0 Å². The predicted molar refractivity (Wildman–Crippen MR) is 70.2 cm³/mol. The highest BCUT2D eigenvalue weighted by atomic mass is 16.4. The molecule has 2 heterocycles. The van der Waals surface area contributed by atoms with E-state index in [1.807, 2.05) is 7.05 Å². The van der Waals surface area contributed by atoms with Gasteiger partial charge in [0, 0.05) is 25.2 Å². The molecule has 2 unspecified atom stereocenters. The predicted octanol–water partition coefficient (Wildman–Crippen LogP) is -0.473. The second kappa shape index (κ2) is 5.58. The maximum Gasteiger partial charge on any atom is 0.358 e. The molecule has 1 amide bonds. The Balaban J connectivity index is 1.99. The van der Waals surface area contributed by atoms with Crippen molar-refractivity contribution >= 4 is 11.9 Å². The fourth-order valence-corrected chi connectivity index (χ4v) is 2.32. The number of nitrogens with zero attached hydrogens (tertiary/aromatic N) is 5. The first kappa shape index (κ1) is 14.4. The number of hydrogen-bond donors (Lipinski definition) is 1. The molecule has 0 aliphatic carbocycles. The smallest absolute Gasteiger partial charge is 0.358 e. The molecule has 1 saturated heterocycles. The molecule has 8 heteroatoms. The minimum atomic E-state index is -1.15. The van der Waals surface area contributed by atoms with E-state index in [2.05, 4.69) is 29.1 Å². The van der Waals surface area contributed by atoms with Crippen molar-refractivity contribution in [3.63, 3.8) is 0 Å². The van der Waals surface area contributed by atoms with Gasteiger partial charge in [0.2, 0.25) is 5.91 Å². The minimum absolute atomic E-state index is 0.0173. The third-order valence-corrected chi connectivity index (χ3v) is 3.77. The molecule has 1 aromatic rings. The number of aromatic nitrogens is 3. The van der Waals surface area contributed by atoms with Gasteiger partial charge in [0.15, 0.2) is 5.69 Å². The standard InChI is InChI=1S/C12H19N5O3/c1-8-4-16(5-9(2)15(8)3)11(18)7-17-6-10(12(19)20)13-14-17/h6,8-9H,4-5,7H2,1-3H3,(H,19,20). The quantitative estimate of drug-likeness (QED) is 0.805. The van der Waals surface area contributed by atoms with Gasteiger partial charge in [-0.25, -0.2) is 9.48 Å². The lowest BCUT2D eigenvalue weighted by Crippen LogP contribution is -2.56. The molecule has 1 N–H and O–H groups in total. The lowest BCUT2D eigenvalue weighted by molar-refractivity contribution is -0.136. The molecular formula is C12H19N5O3. The number of carbonyl (C=O) groups is 2. The van der Waals surface area contributed by atoms with Gasteiger partial charge in [0.05, 0.1) is 6.20 Å². The SMILES string of the molecule is CC1CN(C(=O)Cn2cc(C(=O)O)nn2)CC(C)N1C. The minimum Gasteiger partial charge on any atom is -0.476 e. The average Bonchev–Trinajstić information content (AvgIpc) is 2.84. The molecule has 2 atom stereocenters. The topological polar surface area (TPSA) is 91.6 Å². The summed E-state index contributed by atoms with van der Waals surface area (Å²) in [5.41, 5.74) is -0.155. The molecule has 0 aromatic carbocycles. The van der Waals surface area contributed by atoms with Crippen LogP contribution in [-0.4, -0.2) is 74.0 Å². The number of aromatic carboxylic acids is 1. The normalized spacial score (nSPS) is 23.9. The Morgan fingerprint density at radius 3 is 2.45 bits per heavy atom. The highest BCUT2D eigenvalue weighted by Crippen LogP contribution is 2.13. The van der Waals surface area contributed by atoms with Crippen LogP contribution in [0, 0.1) is 0 Å². The van der Waals surface area contributed by atoms with Gasteiger partial charge in [0.1, 0.15) is 6.54 Å². The lowest BCUT2D eigenvalue weighted by atomic mass is 10.1. The molecule has 1 aliphatic rings. The Kier molecular flexibility index (Phi) is 4.03. The van der Waals surface area contributed by atoms with Gasteiger partial charge < -0.3 is 10.0 Å². The summed E-state index contributed by atoms with van der Waals surface area (Å²) in [6.45, 7) is 5.51. The van der Waals surface area contributed by atoms with Crippen LogP contribution >= 0.6 is 0 Å². The van der Waals surface area contributed by atoms with E-state index in [-0.39, 0.29) is 18.1 Å². The van der Waals surface area contributed by atoms with Crippen molar-refractivity contribution < 1.29 is 14.7 Å². The monoisotopic (exact) mass is 281 g/mol. The first-order valence-electron chi connectivity index (χ1n) is 6.51. The van der Waals surface area contributed by atoms with Gasteiger partial charge in [-0.2, -0.15) is 0 Å². The molecule has 1 fully saturated rings. The largest absolute Gasteiger partial charge is 0.476 e. The third kappa shape index (κ3) is 2.96. The van der Waals surface area contributed by atoms with E-state index in [4.69, 9.17) is 5.11 Å². The van der Waals surface area contributed by atoms with Gasteiger partial charge in [-0.3, -0.25) is 9.69 Å². The van der Waals surface area contributed by atoms with E-state index < -0.39 is 5.97 Å².